The number of hydrogen-bond acceptors (Lipinski definition) is 4. The van der Waals surface area contributed by atoms with E-state index in [-0.39, 0.29) is 18.0 Å². The van der Waals surface area contributed by atoms with Crippen LogP contribution in [0.4, 0.5) is 0 Å². The Morgan fingerprint density at radius 3 is 2.68 bits per heavy atom. The van der Waals surface area contributed by atoms with E-state index < -0.39 is 10.0 Å². The maximum absolute atomic E-state index is 12.7. The predicted molar refractivity (Wildman–Crippen MR) is 109 cm³/mol. The van der Waals surface area contributed by atoms with Crippen LogP contribution in [0.1, 0.15) is 36.8 Å². The molecule has 7 heteroatoms. The van der Waals surface area contributed by atoms with E-state index >= 15 is 0 Å². The molecule has 4 atom stereocenters. The van der Waals surface area contributed by atoms with Crippen LogP contribution in [-0.4, -0.2) is 62.1 Å². The number of nitrogens with zero attached hydrogens (tertiary/aromatic N) is 2. The Balaban J connectivity index is 1.56. The Kier molecular flexibility index (Phi) is 5.51. The van der Waals surface area contributed by atoms with Gasteiger partial charge in [-0.1, -0.05) is 24.3 Å². The quantitative estimate of drug-likeness (QED) is 0.810. The highest BCUT2D eigenvalue weighted by Crippen LogP contribution is 2.41. The Morgan fingerprint density at radius 1 is 1.18 bits per heavy atom. The molecule has 3 fully saturated rings. The number of amides is 1. The van der Waals surface area contributed by atoms with Gasteiger partial charge in [-0.2, -0.15) is 0 Å². The molecule has 1 aromatic rings. The van der Waals surface area contributed by atoms with Gasteiger partial charge in [-0.05, 0) is 49.1 Å². The second kappa shape index (κ2) is 7.76. The normalized spacial score (nSPS) is 30.9. The summed E-state index contributed by atoms with van der Waals surface area (Å²) in [7, 11) is -3.28. The summed E-state index contributed by atoms with van der Waals surface area (Å²) in [6.07, 6.45) is 4.87. The fourth-order valence-electron chi connectivity index (χ4n) is 5.53. The van der Waals surface area contributed by atoms with Gasteiger partial charge in [0.15, 0.2) is 0 Å². The Bertz CT molecular complexity index is 841. The molecule has 1 aromatic carbocycles. The van der Waals surface area contributed by atoms with Crippen LogP contribution >= 0.6 is 0 Å². The molecule has 0 radical (unpaired) electrons. The molecule has 6 nitrogen and oxygen atoms in total. The van der Waals surface area contributed by atoms with Gasteiger partial charge in [0.25, 0.3) is 0 Å². The third-order valence-corrected chi connectivity index (χ3v) is 7.47. The molecule has 0 unspecified atom stereocenters. The summed E-state index contributed by atoms with van der Waals surface area (Å²) in [4.78, 5) is 17.3. The highest BCUT2D eigenvalue weighted by molar-refractivity contribution is 7.88. The van der Waals surface area contributed by atoms with E-state index in [1.807, 2.05) is 0 Å². The van der Waals surface area contributed by atoms with Crippen molar-refractivity contribution in [1.82, 2.24) is 14.5 Å². The zero-order valence-electron chi connectivity index (χ0n) is 16.8. The largest absolute Gasteiger partial charge is 0.335 e. The van der Waals surface area contributed by atoms with Crippen molar-refractivity contribution in [2.45, 2.75) is 51.2 Å². The number of hydrogen-bond donors (Lipinski definition) is 1. The van der Waals surface area contributed by atoms with Crippen LogP contribution in [0.5, 0.6) is 0 Å². The first kappa shape index (κ1) is 19.9. The summed E-state index contributed by atoms with van der Waals surface area (Å²) in [5, 5.41) is 0. The lowest BCUT2D eigenvalue weighted by molar-refractivity contribution is -0.152. The molecule has 4 rings (SSSR count). The van der Waals surface area contributed by atoms with Crippen LogP contribution in [0.15, 0.2) is 24.3 Å². The van der Waals surface area contributed by atoms with Crippen molar-refractivity contribution >= 4 is 15.9 Å². The van der Waals surface area contributed by atoms with Crippen molar-refractivity contribution < 1.29 is 13.2 Å². The van der Waals surface area contributed by atoms with Crippen molar-refractivity contribution in [1.29, 1.82) is 0 Å². The van der Waals surface area contributed by atoms with E-state index in [4.69, 9.17) is 0 Å². The highest BCUT2D eigenvalue weighted by Gasteiger charge is 2.49. The smallest absolute Gasteiger partial charge is 0.223 e. The monoisotopic (exact) mass is 405 g/mol. The molecule has 3 aliphatic rings. The lowest BCUT2D eigenvalue weighted by Gasteiger charge is -2.56. The number of nitrogens with one attached hydrogen (secondary N) is 1. The summed E-state index contributed by atoms with van der Waals surface area (Å²) in [6.45, 7) is 5.34. The number of piperidine rings is 3. The number of sulfonamides is 1. The van der Waals surface area contributed by atoms with E-state index in [2.05, 4.69) is 45.7 Å². The predicted octanol–water partition coefficient (Wildman–Crippen LogP) is 1.75. The van der Waals surface area contributed by atoms with Gasteiger partial charge in [0.1, 0.15) is 0 Å². The number of fused-ring (bicyclic) bond motifs is 4. The molecule has 0 aromatic heterocycles. The van der Waals surface area contributed by atoms with Crippen LogP contribution in [0.25, 0.3) is 0 Å². The third-order valence-electron chi connectivity index (χ3n) is 6.78. The van der Waals surface area contributed by atoms with E-state index in [0.29, 0.717) is 24.8 Å². The van der Waals surface area contributed by atoms with Gasteiger partial charge in [0.2, 0.25) is 15.9 Å². The van der Waals surface area contributed by atoms with Gasteiger partial charge in [-0.3, -0.25) is 9.69 Å². The maximum atomic E-state index is 12.7. The molecule has 0 aliphatic carbocycles. The molecule has 154 valence electrons. The molecule has 2 bridgehead atoms. The minimum atomic E-state index is -3.28. The fourth-order valence-corrected chi connectivity index (χ4v) is 6.00. The summed E-state index contributed by atoms with van der Waals surface area (Å²) < 4.78 is 26.1. The average Bonchev–Trinajstić information content (AvgIpc) is 2.63. The molecule has 28 heavy (non-hydrogen) atoms. The zero-order valence-corrected chi connectivity index (χ0v) is 17.6. The van der Waals surface area contributed by atoms with Crippen LogP contribution in [-0.2, 0) is 21.4 Å². The SMILES string of the molecule is Cc1ccccc1CN1C[C@H]2C[C@@H](C1)[C@H](CNS(C)(=O)=O)N1C(=O)CCC[C@@H]21. The molecule has 3 saturated heterocycles. The van der Waals surface area contributed by atoms with Gasteiger partial charge in [0, 0.05) is 44.7 Å². The lowest BCUT2D eigenvalue weighted by atomic mass is 9.72. The molecule has 1 N–H and O–H groups in total. The first-order valence-electron chi connectivity index (χ1n) is 10.3. The maximum Gasteiger partial charge on any atom is 0.223 e. The Morgan fingerprint density at radius 2 is 1.93 bits per heavy atom. The number of carbonyl (C=O) groups excluding carboxylic acids is 1. The molecular weight excluding hydrogens is 374 g/mol. The minimum Gasteiger partial charge on any atom is -0.335 e. The highest BCUT2D eigenvalue weighted by atomic mass is 32.2. The van der Waals surface area contributed by atoms with Crippen molar-refractivity contribution in [3.63, 3.8) is 0 Å². The van der Waals surface area contributed by atoms with Crippen molar-refractivity contribution in [2.75, 3.05) is 25.9 Å². The van der Waals surface area contributed by atoms with Gasteiger partial charge in [0.05, 0.1) is 6.26 Å². The first-order valence-corrected chi connectivity index (χ1v) is 12.2. The first-order chi connectivity index (χ1) is 13.3. The van der Waals surface area contributed by atoms with E-state index in [1.165, 1.54) is 17.4 Å². The van der Waals surface area contributed by atoms with Crippen molar-refractivity contribution in [2.24, 2.45) is 11.8 Å². The molecule has 3 heterocycles. The fraction of sp³-hybridized carbons (Fsp3) is 0.667. The van der Waals surface area contributed by atoms with Gasteiger partial charge < -0.3 is 4.90 Å². The molecule has 3 aliphatic heterocycles. The average molecular weight is 406 g/mol. The summed E-state index contributed by atoms with van der Waals surface area (Å²) in [5.41, 5.74) is 2.66. The summed E-state index contributed by atoms with van der Waals surface area (Å²) >= 11 is 0. The lowest BCUT2D eigenvalue weighted by Crippen LogP contribution is -2.66. The van der Waals surface area contributed by atoms with Crippen molar-refractivity contribution in [3.8, 4) is 0 Å². The van der Waals surface area contributed by atoms with Crippen molar-refractivity contribution in [3.05, 3.63) is 35.4 Å². The van der Waals surface area contributed by atoms with Crippen LogP contribution < -0.4 is 4.72 Å². The minimum absolute atomic E-state index is 0.0385. The molecule has 1 amide bonds. The van der Waals surface area contributed by atoms with Crippen LogP contribution in [0.3, 0.4) is 0 Å². The number of benzene rings is 1. The van der Waals surface area contributed by atoms with Gasteiger partial charge >= 0.3 is 0 Å². The van der Waals surface area contributed by atoms with Crippen LogP contribution in [0, 0.1) is 18.8 Å². The number of rotatable bonds is 5. The number of aryl methyl sites for hydroxylation is 1. The second-order valence-electron chi connectivity index (χ2n) is 8.82. The Labute approximate surface area is 168 Å². The van der Waals surface area contributed by atoms with E-state index in [1.54, 1.807) is 0 Å². The second-order valence-corrected chi connectivity index (χ2v) is 10.7. The standard InChI is InChI=1S/C21H31N3O3S/c1-15-6-3-4-7-16(15)12-23-13-17-10-18(14-23)20(11-22-28(2,26)27)24-19(17)8-5-9-21(24)25/h3-4,6-7,17-20,22H,5,8-14H2,1-2H3/t17-,18+,19+,20+/m1/s1. The van der Waals surface area contributed by atoms with Gasteiger partial charge in [-0.15, -0.1) is 0 Å². The summed E-state index contributed by atoms with van der Waals surface area (Å²) in [6, 6.07) is 8.72. The summed E-state index contributed by atoms with van der Waals surface area (Å²) in [5.74, 6) is 1.01. The van der Waals surface area contributed by atoms with Crippen LogP contribution in [0.2, 0.25) is 0 Å². The van der Waals surface area contributed by atoms with E-state index in [0.717, 1.165) is 38.9 Å². The third kappa shape index (κ3) is 4.11. The number of likely N-dealkylation sites (tertiary alicyclic amines) is 1. The molecule has 0 saturated carbocycles. The number of carbonyl (C=O) groups is 1. The molecular formula is C21H31N3O3S. The topological polar surface area (TPSA) is 69.7 Å². The zero-order chi connectivity index (χ0) is 19.9. The molecule has 0 spiro atoms. The van der Waals surface area contributed by atoms with E-state index in [9.17, 15) is 13.2 Å². The Hall–Kier alpha value is -1.44. The van der Waals surface area contributed by atoms with Gasteiger partial charge in [-0.25, -0.2) is 13.1 Å².